The molecule has 1 nitrogen and oxygen atoms in total. The number of likely N-dealkylation sites (N-methyl/N-ethyl adjacent to an activating group) is 1. The van der Waals surface area contributed by atoms with Gasteiger partial charge in [-0.2, -0.15) is 0 Å². The van der Waals surface area contributed by atoms with Crippen LogP contribution in [0.2, 0.25) is 0 Å². The zero-order valence-corrected chi connectivity index (χ0v) is 11.3. The van der Waals surface area contributed by atoms with Crippen LogP contribution in [0.4, 0.5) is 0 Å². The van der Waals surface area contributed by atoms with Gasteiger partial charge in [-0.05, 0) is 43.8 Å². The van der Waals surface area contributed by atoms with Gasteiger partial charge in [-0.3, -0.25) is 0 Å². The van der Waals surface area contributed by atoms with Gasteiger partial charge in [-0.15, -0.1) is 24.2 Å². The van der Waals surface area contributed by atoms with Crippen LogP contribution in [0.15, 0.2) is 29.2 Å². The van der Waals surface area contributed by atoms with Crippen LogP contribution in [0.1, 0.15) is 19.4 Å². The van der Waals surface area contributed by atoms with Crippen molar-refractivity contribution in [3.63, 3.8) is 0 Å². The minimum atomic E-state index is 0. The molecule has 0 radical (unpaired) electrons. The van der Waals surface area contributed by atoms with Gasteiger partial charge in [0.25, 0.3) is 0 Å². The Balaban J connectivity index is 0.00000196. The maximum atomic E-state index is 3.25. The molecular formula is C12H20ClNS. The Kier molecular flexibility index (Phi) is 7.93. The van der Waals surface area contributed by atoms with Crippen LogP contribution in [0.25, 0.3) is 0 Å². The Labute approximate surface area is 103 Å². The molecule has 1 atom stereocenters. The number of benzene rings is 1. The topological polar surface area (TPSA) is 12.0 Å². The Bertz CT molecular complexity index is 261. The van der Waals surface area contributed by atoms with E-state index in [4.69, 9.17) is 0 Å². The SMILES string of the molecule is CCSc1ccc(CC(C)NC)cc1.Cl. The summed E-state index contributed by atoms with van der Waals surface area (Å²) < 4.78 is 0. The molecule has 0 amide bonds. The maximum Gasteiger partial charge on any atom is 0.00761 e. The average molecular weight is 246 g/mol. The summed E-state index contributed by atoms with van der Waals surface area (Å²) in [4.78, 5) is 1.37. The number of nitrogens with one attached hydrogen (secondary N) is 1. The number of hydrogen-bond acceptors (Lipinski definition) is 2. The number of hydrogen-bond donors (Lipinski definition) is 1. The van der Waals surface area contributed by atoms with Gasteiger partial charge in [-0.25, -0.2) is 0 Å². The van der Waals surface area contributed by atoms with E-state index in [2.05, 4.69) is 43.4 Å². The van der Waals surface area contributed by atoms with Crippen molar-refractivity contribution in [3.05, 3.63) is 29.8 Å². The van der Waals surface area contributed by atoms with Gasteiger partial charge in [-0.1, -0.05) is 19.1 Å². The number of rotatable bonds is 5. The van der Waals surface area contributed by atoms with Gasteiger partial charge < -0.3 is 5.32 Å². The third-order valence-corrected chi connectivity index (χ3v) is 3.16. The van der Waals surface area contributed by atoms with Crippen molar-refractivity contribution in [1.29, 1.82) is 0 Å². The van der Waals surface area contributed by atoms with Crippen molar-refractivity contribution >= 4 is 24.2 Å². The maximum absolute atomic E-state index is 3.25. The lowest BCUT2D eigenvalue weighted by atomic mass is 10.1. The standard InChI is InChI=1S/C12H19NS.ClH/c1-4-14-12-7-5-11(6-8-12)9-10(2)13-3;/h5-8,10,13H,4,9H2,1-3H3;1H. The fourth-order valence-electron chi connectivity index (χ4n) is 1.34. The van der Waals surface area contributed by atoms with E-state index in [0.29, 0.717) is 6.04 Å². The van der Waals surface area contributed by atoms with Crippen LogP contribution in [-0.2, 0) is 6.42 Å². The Hall–Kier alpha value is -0.180. The van der Waals surface area contributed by atoms with Crippen molar-refractivity contribution < 1.29 is 0 Å². The van der Waals surface area contributed by atoms with Gasteiger partial charge in [0.1, 0.15) is 0 Å². The van der Waals surface area contributed by atoms with Crippen molar-refractivity contribution in [3.8, 4) is 0 Å². The van der Waals surface area contributed by atoms with Gasteiger partial charge in [0.05, 0.1) is 0 Å². The summed E-state index contributed by atoms with van der Waals surface area (Å²) in [6.45, 7) is 4.39. The zero-order valence-electron chi connectivity index (χ0n) is 9.62. The monoisotopic (exact) mass is 245 g/mol. The van der Waals surface area contributed by atoms with Crippen LogP contribution in [0.5, 0.6) is 0 Å². The molecule has 1 unspecified atom stereocenters. The molecule has 0 bridgehead atoms. The minimum Gasteiger partial charge on any atom is -0.317 e. The first-order valence-corrected chi connectivity index (χ1v) is 6.13. The van der Waals surface area contributed by atoms with Crippen LogP contribution in [0.3, 0.4) is 0 Å². The predicted molar refractivity (Wildman–Crippen MR) is 72.3 cm³/mol. The van der Waals surface area contributed by atoms with Crippen LogP contribution in [0, 0.1) is 0 Å². The molecule has 0 fully saturated rings. The number of thioether (sulfide) groups is 1. The Morgan fingerprint density at radius 2 is 1.87 bits per heavy atom. The molecule has 0 heterocycles. The van der Waals surface area contributed by atoms with Gasteiger partial charge >= 0.3 is 0 Å². The largest absolute Gasteiger partial charge is 0.317 e. The highest BCUT2D eigenvalue weighted by Crippen LogP contribution is 2.18. The summed E-state index contributed by atoms with van der Waals surface area (Å²) in [6, 6.07) is 9.44. The van der Waals surface area contributed by atoms with E-state index in [1.165, 1.54) is 10.5 Å². The molecule has 0 aromatic heterocycles. The molecule has 1 aromatic carbocycles. The van der Waals surface area contributed by atoms with E-state index >= 15 is 0 Å². The Morgan fingerprint density at radius 1 is 1.27 bits per heavy atom. The molecule has 3 heteroatoms. The normalized spacial score (nSPS) is 11.9. The first kappa shape index (κ1) is 14.8. The van der Waals surface area contributed by atoms with E-state index in [1.54, 1.807) is 0 Å². The summed E-state index contributed by atoms with van der Waals surface area (Å²) in [7, 11) is 2.01. The Morgan fingerprint density at radius 3 is 2.33 bits per heavy atom. The molecule has 0 aliphatic carbocycles. The second-order valence-electron chi connectivity index (χ2n) is 3.47. The van der Waals surface area contributed by atoms with Crippen molar-refractivity contribution in [2.75, 3.05) is 12.8 Å². The smallest absolute Gasteiger partial charge is 0.00761 e. The highest BCUT2D eigenvalue weighted by Gasteiger charge is 2.00. The second-order valence-corrected chi connectivity index (χ2v) is 4.81. The predicted octanol–water partition coefficient (Wildman–Crippen LogP) is 3.37. The fourth-order valence-corrected chi connectivity index (χ4v) is 2.01. The van der Waals surface area contributed by atoms with E-state index in [1.807, 2.05) is 18.8 Å². The van der Waals surface area contributed by atoms with Crippen LogP contribution in [-0.4, -0.2) is 18.8 Å². The summed E-state index contributed by atoms with van der Waals surface area (Å²) in [5.41, 5.74) is 1.41. The van der Waals surface area contributed by atoms with Crippen molar-refractivity contribution in [1.82, 2.24) is 5.32 Å². The molecule has 0 spiro atoms. The lowest BCUT2D eigenvalue weighted by molar-refractivity contribution is 0.608. The first-order chi connectivity index (χ1) is 6.76. The molecule has 1 N–H and O–H groups in total. The first-order valence-electron chi connectivity index (χ1n) is 5.15. The highest BCUT2D eigenvalue weighted by atomic mass is 35.5. The van der Waals surface area contributed by atoms with E-state index in [9.17, 15) is 0 Å². The summed E-state index contributed by atoms with van der Waals surface area (Å²) in [5.74, 6) is 1.15. The van der Waals surface area contributed by atoms with Crippen LogP contribution < -0.4 is 5.32 Å². The molecule has 0 saturated carbocycles. The summed E-state index contributed by atoms with van der Waals surface area (Å²) in [6.07, 6.45) is 1.10. The molecule has 86 valence electrons. The van der Waals surface area contributed by atoms with E-state index < -0.39 is 0 Å². The lowest BCUT2D eigenvalue weighted by Crippen LogP contribution is -2.23. The number of halogens is 1. The van der Waals surface area contributed by atoms with Gasteiger partial charge in [0.15, 0.2) is 0 Å². The third kappa shape index (κ3) is 5.45. The third-order valence-electron chi connectivity index (χ3n) is 2.27. The highest BCUT2D eigenvalue weighted by molar-refractivity contribution is 7.99. The second kappa shape index (κ2) is 8.03. The van der Waals surface area contributed by atoms with E-state index in [0.717, 1.165) is 12.2 Å². The molecule has 0 saturated heterocycles. The molecule has 1 rings (SSSR count). The average Bonchev–Trinajstić information content (AvgIpc) is 2.21. The van der Waals surface area contributed by atoms with E-state index in [-0.39, 0.29) is 12.4 Å². The fraction of sp³-hybridized carbons (Fsp3) is 0.500. The van der Waals surface area contributed by atoms with Crippen molar-refractivity contribution in [2.24, 2.45) is 0 Å². The van der Waals surface area contributed by atoms with Crippen LogP contribution >= 0.6 is 24.2 Å². The van der Waals surface area contributed by atoms with Crippen molar-refractivity contribution in [2.45, 2.75) is 31.2 Å². The lowest BCUT2D eigenvalue weighted by Gasteiger charge is -2.10. The van der Waals surface area contributed by atoms with Gasteiger partial charge in [0.2, 0.25) is 0 Å². The quantitative estimate of drug-likeness (QED) is 0.799. The molecule has 0 aliphatic heterocycles. The van der Waals surface area contributed by atoms with Gasteiger partial charge in [0, 0.05) is 10.9 Å². The molecular weight excluding hydrogens is 226 g/mol. The molecule has 15 heavy (non-hydrogen) atoms. The molecule has 1 aromatic rings. The molecule has 0 aliphatic rings. The minimum absolute atomic E-state index is 0. The summed E-state index contributed by atoms with van der Waals surface area (Å²) in [5, 5.41) is 3.25. The zero-order chi connectivity index (χ0) is 10.4. The summed E-state index contributed by atoms with van der Waals surface area (Å²) >= 11 is 1.89.